The first kappa shape index (κ1) is 16.6. The molecule has 0 aromatic rings. The molecule has 1 aliphatic rings. The SMILES string of the molecule is CSCCC(NC(N)=O)C(=O)N1CCC(C(=O)O)C1C. The molecule has 3 unspecified atom stereocenters. The molecular formula is C12H21N3O4S. The molecule has 1 heterocycles. The van der Waals surface area contributed by atoms with Gasteiger partial charge in [0.25, 0.3) is 0 Å². The molecule has 3 amide bonds. The van der Waals surface area contributed by atoms with Gasteiger partial charge in [0.1, 0.15) is 6.04 Å². The summed E-state index contributed by atoms with van der Waals surface area (Å²) in [5.74, 6) is -0.986. The summed E-state index contributed by atoms with van der Waals surface area (Å²) in [5, 5.41) is 11.5. The maximum absolute atomic E-state index is 12.4. The summed E-state index contributed by atoms with van der Waals surface area (Å²) in [7, 11) is 0. The van der Waals surface area contributed by atoms with Crippen molar-refractivity contribution in [3.05, 3.63) is 0 Å². The van der Waals surface area contributed by atoms with Crippen molar-refractivity contribution >= 4 is 29.7 Å². The van der Waals surface area contributed by atoms with Crippen LogP contribution in [0.4, 0.5) is 4.79 Å². The molecule has 1 saturated heterocycles. The fourth-order valence-corrected chi connectivity index (χ4v) is 2.92. The Morgan fingerprint density at radius 2 is 2.15 bits per heavy atom. The highest BCUT2D eigenvalue weighted by Crippen LogP contribution is 2.25. The van der Waals surface area contributed by atoms with Crippen molar-refractivity contribution in [3.63, 3.8) is 0 Å². The lowest BCUT2D eigenvalue weighted by molar-refractivity contribution is -0.143. The van der Waals surface area contributed by atoms with Crippen LogP contribution in [0.2, 0.25) is 0 Å². The number of aliphatic carboxylic acids is 1. The van der Waals surface area contributed by atoms with Gasteiger partial charge in [0, 0.05) is 12.6 Å². The number of rotatable bonds is 6. The number of nitrogens with zero attached hydrogens (tertiary/aromatic N) is 1. The van der Waals surface area contributed by atoms with Gasteiger partial charge < -0.3 is 21.1 Å². The van der Waals surface area contributed by atoms with Crippen molar-refractivity contribution in [2.24, 2.45) is 11.7 Å². The first-order chi connectivity index (χ1) is 9.38. The Balaban J connectivity index is 2.74. The van der Waals surface area contributed by atoms with Crippen LogP contribution in [0.5, 0.6) is 0 Å². The molecule has 0 aliphatic carbocycles. The molecule has 1 rings (SSSR count). The van der Waals surface area contributed by atoms with Gasteiger partial charge in [0.15, 0.2) is 0 Å². The minimum absolute atomic E-state index is 0.255. The molecule has 0 saturated carbocycles. The van der Waals surface area contributed by atoms with Crippen LogP contribution in [-0.4, -0.2) is 58.6 Å². The number of likely N-dealkylation sites (tertiary alicyclic amines) is 1. The van der Waals surface area contributed by atoms with E-state index in [0.29, 0.717) is 25.1 Å². The summed E-state index contributed by atoms with van der Waals surface area (Å²) in [6.07, 6.45) is 2.82. The summed E-state index contributed by atoms with van der Waals surface area (Å²) in [6.45, 7) is 2.12. The van der Waals surface area contributed by atoms with Crippen LogP contribution in [0.3, 0.4) is 0 Å². The minimum atomic E-state index is -0.892. The van der Waals surface area contributed by atoms with Gasteiger partial charge in [-0.15, -0.1) is 0 Å². The average Bonchev–Trinajstić information content (AvgIpc) is 2.75. The summed E-state index contributed by atoms with van der Waals surface area (Å²) < 4.78 is 0. The third kappa shape index (κ3) is 4.03. The first-order valence-electron chi connectivity index (χ1n) is 6.46. The second kappa shape index (κ2) is 7.37. The lowest BCUT2D eigenvalue weighted by Gasteiger charge is -2.28. The average molecular weight is 303 g/mol. The van der Waals surface area contributed by atoms with Crippen molar-refractivity contribution in [1.29, 1.82) is 0 Å². The fraction of sp³-hybridized carbons (Fsp3) is 0.750. The zero-order chi connectivity index (χ0) is 15.3. The maximum atomic E-state index is 12.4. The van der Waals surface area contributed by atoms with Crippen LogP contribution in [0.1, 0.15) is 19.8 Å². The van der Waals surface area contributed by atoms with Crippen molar-refractivity contribution in [3.8, 4) is 0 Å². The summed E-state index contributed by atoms with van der Waals surface area (Å²) in [6, 6.07) is -1.80. The monoisotopic (exact) mass is 303 g/mol. The minimum Gasteiger partial charge on any atom is -0.481 e. The van der Waals surface area contributed by atoms with Gasteiger partial charge in [-0.25, -0.2) is 4.79 Å². The van der Waals surface area contributed by atoms with Crippen LogP contribution in [0.25, 0.3) is 0 Å². The number of primary amides is 1. The standard InChI is InChI=1S/C12H21N3O4S/c1-7-8(11(17)18)3-5-15(7)10(16)9(4-6-20-2)14-12(13)19/h7-9H,3-6H2,1-2H3,(H,17,18)(H3,13,14,19). The zero-order valence-electron chi connectivity index (χ0n) is 11.7. The molecule has 4 N–H and O–H groups in total. The number of carboxylic acid groups (broad SMARTS) is 1. The van der Waals surface area contributed by atoms with E-state index in [0.717, 1.165) is 0 Å². The number of carboxylic acids is 1. The number of carbonyl (C=O) groups is 3. The molecule has 0 radical (unpaired) electrons. The van der Waals surface area contributed by atoms with E-state index in [1.54, 1.807) is 18.7 Å². The number of carbonyl (C=O) groups excluding carboxylic acids is 2. The highest BCUT2D eigenvalue weighted by Gasteiger charge is 2.40. The highest BCUT2D eigenvalue weighted by molar-refractivity contribution is 7.98. The molecule has 0 aromatic heterocycles. The normalized spacial score (nSPS) is 23.4. The molecule has 1 aliphatic heterocycles. The van der Waals surface area contributed by atoms with Crippen molar-refractivity contribution in [2.45, 2.75) is 31.8 Å². The third-order valence-electron chi connectivity index (χ3n) is 3.58. The Morgan fingerprint density at radius 1 is 1.50 bits per heavy atom. The Hall–Kier alpha value is -1.44. The molecule has 8 heteroatoms. The molecule has 20 heavy (non-hydrogen) atoms. The Bertz CT molecular complexity index is 391. The summed E-state index contributed by atoms with van der Waals surface area (Å²) in [4.78, 5) is 36.0. The van der Waals surface area contributed by atoms with Crippen LogP contribution >= 0.6 is 11.8 Å². The van der Waals surface area contributed by atoms with E-state index in [2.05, 4.69) is 5.32 Å². The van der Waals surface area contributed by atoms with Crippen molar-refractivity contribution in [1.82, 2.24) is 10.2 Å². The number of thioether (sulfide) groups is 1. The van der Waals surface area contributed by atoms with Gasteiger partial charge in [0.05, 0.1) is 5.92 Å². The predicted octanol–water partition coefficient (Wildman–Crippen LogP) is 0.0980. The van der Waals surface area contributed by atoms with E-state index >= 15 is 0 Å². The van der Waals surface area contributed by atoms with Gasteiger partial charge in [-0.2, -0.15) is 11.8 Å². The van der Waals surface area contributed by atoms with Gasteiger partial charge in [-0.05, 0) is 31.8 Å². The van der Waals surface area contributed by atoms with Gasteiger partial charge in [-0.3, -0.25) is 9.59 Å². The summed E-state index contributed by atoms with van der Waals surface area (Å²) >= 11 is 1.57. The Labute approximate surface area is 122 Å². The fourth-order valence-electron chi connectivity index (χ4n) is 2.45. The molecule has 7 nitrogen and oxygen atoms in total. The molecular weight excluding hydrogens is 282 g/mol. The molecule has 1 fully saturated rings. The number of hydrogen-bond donors (Lipinski definition) is 3. The van der Waals surface area contributed by atoms with E-state index in [1.807, 2.05) is 6.26 Å². The third-order valence-corrected chi connectivity index (χ3v) is 4.22. The number of amides is 3. The lowest BCUT2D eigenvalue weighted by atomic mass is 10.0. The molecule has 0 aromatic carbocycles. The van der Waals surface area contributed by atoms with E-state index < -0.39 is 24.0 Å². The smallest absolute Gasteiger partial charge is 0.312 e. The molecule has 0 bridgehead atoms. The van der Waals surface area contributed by atoms with E-state index in [9.17, 15) is 14.4 Å². The van der Waals surface area contributed by atoms with Crippen molar-refractivity contribution < 1.29 is 19.5 Å². The number of hydrogen-bond acceptors (Lipinski definition) is 4. The van der Waals surface area contributed by atoms with Crippen LogP contribution in [0, 0.1) is 5.92 Å². The van der Waals surface area contributed by atoms with Gasteiger partial charge >= 0.3 is 12.0 Å². The second-order valence-electron chi connectivity index (χ2n) is 4.85. The quantitative estimate of drug-likeness (QED) is 0.644. The van der Waals surface area contributed by atoms with E-state index in [4.69, 9.17) is 10.8 Å². The van der Waals surface area contributed by atoms with Gasteiger partial charge in [0.2, 0.25) is 5.91 Å². The molecule has 0 spiro atoms. The Morgan fingerprint density at radius 3 is 2.60 bits per heavy atom. The number of urea groups is 1. The van der Waals surface area contributed by atoms with Crippen LogP contribution in [-0.2, 0) is 9.59 Å². The first-order valence-corrected chi connectivity index (χ1v) is 7.86. The maximum Gasteiger partial charge on any atom is 0.312 e. The molecule has 3 atom stereocenters. The van der Waals surface area contributed by atoms with Crippen LogP contribution < -0.4 is 11.1 Å². The van der Waals surface area contributed by atoms with E-state index in [-0.39, 0.29) is 11.9 Å². The topological polar surface area (TPSA) is 113 Å². The van der Waals surface area contributed by atoms with Crippen LogP contribution in [0.15, 0.2) is 0 Å². The predicted molar refractivity (Wildman–Crippen MR) is 76.4 cm³/mol. The Kier molecular flexibility index (Phi) is 6.12. The van der Waals surface area contributed by atoms with Gasteiger partial charge in [-0.1, -0.05) is 0 Å². The lowest BCUT2D eigenvalue weighted by Crippen LogP contribution is -2.51. The number of nitrogens with two attached hydrogens (primary N) is 1. The highest BCUT2D eigenvalue weighted by atomic mass is 32.2. The summed E-state index contributed by atoms with van der Waals surface area (Å²) in [5.41, 5.74) is 5.09. The van der Waals surface area contributed by atoms with Crippen molar-refractivity contribution in [2.75, 3.05) is 18.6 Å². The molecule has 114 valence electrons. The van der Waals surface area contributed by atoms with E-state index in [1.165, 1.54) is 4.90 Å². The zero-order valence-corrected chi connectivity index (χ0v) is 12.5. The largest absolute Gasteiger partial charge is 0.481 e. The second-order valence-corrected chi connectivity index (χ2v) is 5.83. The number of nitrogens with one attached hydrogen (secondary N) is 1.